The van der Waals surface area contributed by atoms with E-state index in [1.807, 2.05) is 6.07 Å². The zero-order valence-electron chi connectivity index (χ0n) is 14.2. The number of aliphatic carboxylic acids is 1. The van der Waals surface area contributed by atoms with Crippen LogP contribution in [0.4, 0.5) is 0 Å². The van der Waals surface area contributed by atoms with Crippen molar-refractivity contribution >= 4 is 40.7 Å². The topological polar surface area (TPSA) is 99.6 Å². The van der Waals surface area contributed by atoms with Crippen molar-refractivity contribution < 1.29 is 19.5 Å². The standard InChI is InChI=1S/C17H18ClN3O4S/c1-10(17(24)25)21(8-7-19-11(2)22)16(23)14-9-26-15(20-14)12-5-3-4-6-13(12)18/h3-6,9-10H,7-8H2,1-2H3,(H,19,22)(H,24,25). The number of carboxylic acids is 1. The Morgan fingerprint density at radius 3 is 2.65 bits per heavy atom. The molecule has 2 amide bonds. The summed E-state index contributed by atoms with van der Waals surface area (Å²) in [6.07, 6.45) is 0. The highest BCUT2D eigenvalue weighted by Crippen LogP contribution is 2.30. The Hall–Kier alpha value is -2.45. The molecule has 1 atom stereocenters. The van der Waals surface area contributed by atoms with Gasteiger partial charge < -0.3 is 15.3 Å². The highest BCUT2D eigenvalue weighted by atomic mass is 35.5. The van der Waals surface area contributed by atoms with Gasteiger partial charge in [0, 0.05) is 31.0 Å². The molecule has 0 spiro atoms. The Morgan fingerprint density at radius 1 is 1.35 bits per heavy atom. The monoisotopic (exact) mass is 395 g/mol. The van der Waals surface area contributed by atoms with Crippen LogP contribution in [0.5, 0.6) is 0 Å². The maximum absolute atomic E-state index is 12.8. The Kier molecular flexibility index (Phi) is 6.70. The van der Waals surface area contributed by atoms with Crippen LogP contribution in [0.3, 0.4) is 0 Å². The number of benzene rings is 1. The SMILES string of the molecule is CC(=O)NCCN(C(=O)c1csc(-c2ccccc2Cl)n1)C(C)C(=O)O. The first-order valence-corrected chi connectivity index (χ1v) is 9.05. The van der Waals surface area contributed by atoms with Gasteiger partial charge in [-0.15, -0.1) is 11.3 Å². The molecule has 0 saturated heterocycles. The Morgan fingerprint density at radius 2 is 2.04 bits per heavy atom. The summed E-state index contributed by atoms with van der Waals surface area (Å²) in [4.78, 5) is 40.6. The van der Waals surface area contributed by atoms with Crippen LogP contribution in [-0.2, 0) is 9.59 Å². The van der Waals surface area contributed by atoms with Crippen LogP contribution < -0.4 is 5.32 Å². The van der Waals surface area contributed by atoms with E-state index in [1.165, 1.54) is 30.1 Å². The summed E-state index contributed by atoms with van der Waals surface area (Å²) in [5, 5.41) is 14.5. The summed E-state index contributed by atoms with van der Waals surface area (Å²) in [6, 6.07) is 6.08. The van der Waals surface area contributed by atoms with E-state index in [2.05, 4.69) is 10.3 Å². The molecular weight excluding hydrogens is 378 g/mol. The van der Waals surface area contributed by atoms with Crippen LogP contribution in [-0.4, -0.2) is 51.9 Å². The van der Waals surface area contributed by atoms with E-state index in [1.54, 1.807) is 23.6 Å². The summed E-state index contributed by atoms with van der Waals surface area (Å²) in [5.74, 6) is -1.91. The molecule has 1 aromatic heterocycles. The van der Waals surface area contributed by atoms with E-state index in [9.17, 15) is 19.5 Å². The van der Waals surface area contributed by atoms with Gasteiger partial charge in [-0.05, 0) is 13.0 Å². The molecule has 1 heterocycles. The molecule has 0 bridgehead atoms. The lowest BCUT2D eigenvalue weighted by Gasteiger charge is -2.25. The number of nitrogens with zero attached hydrogens (tertiary/aromatic N) is 2. The van der Waals surface area contributed by atoms with Gasteiger partial charge in [0.2, 0.25) is 5.91 Å². The third-order valence-corrected chi connectivity index (χ3v) is 4.85. The van der Waals surface area contributed by atoms with Crippen molar-refractivity contribution in [1.29, 1.82) is 0 Å². The molecule has 2 N–H and O–H groups in total. The normalized spacial score (nSPS) is 11.7. The van der Waals surface area contributed by atoms with E-state index >= 15 is 0 Å². The third-order valence-electron chi connectivity index (χ3n) is 3.64. The van der Waals surface area contributed by atoms with Gasteiger partial charge in [-0.1, -0.05) is 29.8 Å². The van der Waals surface area contributed by atoms with Crippen LogP contribution in [0.1, 0.15) is 24.3 Å². The molecule has 0 aliphatic heterocycles. The Balaban J connectivity index is 2.23. The lowest BCUT2D eigenvalue weighted by atomic mass is 10.2. The number of nitrogens with one attached hydrogen (secondary N) is 1. The van der Waals surface area contributed by atoms with Crippen molar-refractivity contribution in [2.24, 2.45) is 0 Å². The van der Waals surface area contributed by atoms with Crippen molar-refractivity contribution in [2.75, 3.05) is 13.1 Å². The molecule has 0 fully saturated rings. The molecule has 7 nitrogen and oxygen atoms in total. The van der Waals surface area contributed by atoms with Gasteiger partial charge in [0.15, 0.2) is 0 Å². The number of halogens is 1. The first-order valence-electron chi connectivity index (χ1n) is 7.80. The van der Waals surface area contributed by atoms with Crippen LogP contribution in [0.25, 0.3) is 10.6 Å². The second-order valence-electron chi connectivity index (χ2n) is 5.51. The molecular formula is C17H18ClN3O4S. The second-order valence-corrected chi connectivity index (χ2v) is 6.78. The van der Waals surface area contributed by atoms with Gasteiger partial charge in [-0.2, -0.15) is 0 Å². The number of aromatic nitrogens is 1. The molecule has 2 aromatic rings. The average molecular weight is 396 g/mol. The smallest absolute Gasteiger partial charge is 0.326 e. The zero-order chi connectivity index (χ0) is 19.3. The Bertz CT molecular complexity index is 824. The fraction of sp³-hybridized carbons (Fsp3) is 0.294. The van der Waals surface area contributed by atoms with Gasteiger partial charge >= 0.3 is 5.97 Å². The molecule has 1 aromatic carbocycles. The summed E-state index contributed by atoms with van der Waals surface area (Å²) in [7, 11) is 0. The number of hydrogen-bond donors (Lipinski definition) is 2. The minimum absolute atomic E-state index is 0.0604. The summed E-state index contributed by atoms with van der Waals surface area (Å²) >= 11 is 7.40. The fourth-order valence-corrected chi connectivity index (χ4v) is 3.35. The number of carbonyl (C=O) groups is 3. The van der Waals surface area contributed by atoms with Crippen LogP contribution in [0.2, 0.25) is 5.02 Å². The molecule has 2 rings (SSSR count). The molecule has 0 aliphatic carbocycles. The third kappa shape index (κ3) is 4.80. The van der Waals surface area contributed by atoms with Gasteiger partial charge in [0.05, 0.1) is 5.02 Å². The largest absolute Gasteiger partial charge is 0.480 e. The average Bonchev–Trinajstić information content (AvgIpc) is 3.07. The molecule has 0 saturated carbocycles. The second kappa shape index (κ2) is 8.77. The van der Waals surface area contributed by atoms with E-state index in [0.29, 0.717) is 15.6 Å². The minimum atomic E-state index is -1.14. The fourth-order valence-electron chi connectivity index (χ4n) is 2.23. The van der Waals surface area contributed by atoms with Gasteiger partial charge in [0.25, 0.3) is 5.91 Å². The van der Waals surface area contributed by atoms with Crippen molar-refractivity contribution in [3.63, 3.8) is 0 Å². The van der Waals surface area contributed by atoms with E-state index < -0.39 is 17.9 Å². The van der Waals surface area contributed by atoms with Crippen molar-refractivity contribution in [3.05, 3.63) is 40.4 Å². The summed E-state index contributed by atoms with van der Waals surface area (Å²) < 4.78 is 0. The molecule has 138 valence electrons. The number of carboxylic acid groups (broad SMARTS) is 1. The van der Waals surface area contributed by atoms with Crippen molar-refractivity contribution in [2.45, 2.75) is 19.9 Å². The number of hydrogen-bond acceptors (Lipinski definition) is 5. The predicted octanol–water partition coefficient (Wildman–Crippen LogP) is 2.51. The number of amides is 2. The van der Waals surface area contributed by atoms with Gasteiger partial charge in [-0.25, -0.2) is 9.78 Å². The highest BCUT2D eigenvalue weighted by molar-refractivity contribution is 7.13. The molecule has 1 unspecified atom stereocenters. The van der Waals surface area contributed by atoms with E-state index in [0.717, 1.165) is 0 Å². The lowest BCUT2D eigenvalue weighted by Crippen LogP contribution is -2.46. The molecule has 0 aliphatic rings. The quantitative estimate of drug-likeness (QED) is 0.750. The Labute approximate surface area is 159 Å². The summed E-state index contributed by atoms with van der Waals surface area (Å²) in [6.45, 7) is 2.98. The van der Waals surface area contributed by atoms with Gasteiger partial charge in [0.1, 0.15) is 16.7 Å². The predicted molar refractivity (Wildman–Crippen MR) is 99.4 cm³/mol. The number of rotatable bonds is 7. The van der Waals surface area contributed by atoms with Gasteiger partial charge in [-0.3, -0.25) is 9.59 Å². The first kappa shape index (κ1) is 19.9. The minimum Gasteiger partial charge on any atom is -0.480 e. The first-order chi connectivity index (χ1) is 12.3. The van der Waals surface area contributed by atoms with E-state index in [4.69, 9.17) is 11.6 Å². The summed E-state index contributed by atoms with van der Waals surface area (Å²) in [5.41, 5.74) is 0.843. The number of carbonyl (C=O) groups excluding carboxylic acids is 2. The van der Waals surface area contributed by atoms with Crippen LogP contribution in [0.15, 0.2) is 29.6 Å². The van der Waals surface area contributed by atoms with Crippen LogP contribution >= 0.6 is 22.9 Å². The lowest BCUT2D eigenvalue weighted by molar-refractivity contribution is -0.141. The van der Waals surface area contributed by atoms with Crippen molar-refractivity contribution in [1.82, 2.24) is 15.2 Å². The molecule has 0 radical (unpaired) electrons. The maximum Gasteiger partial charge on any atom is 0.326 e. The zero-order valence-corrected chi connectivity index (χ0v) is 15.8. The highest BCUT2D eigenvalue weighted by Gasteiger charge is 2.28. The number of thiazole rings is 1. The maximum atomic E-state index is 12.8. The van der Waals surface area contributed by atoms with E-state index in [-0.39, 0.29) is 24.7 Å². The molecule has 26 heavy (non-hydrogen) atoms. The van der Waals surface area contributed by atoms with Crippen molar-refractivity contribution in [3.8, 4) is 10.6 Å². The van der Waals surface area contributed by atoms with Crippen LogP contribution in [0, 0.1) is 0 Å². The molecule has 9 heteroatoms.